The molecular formula is C19H29NO3. The van der Waals surface area contributed by atoms with Gasteiger partial charge in [0.25, 0.3) is 5.91 Å². The molecule has 1 N–H and O–H groups in total. The number of rotatable bonds is 7. The fraction of sp³-hybridized carbons (Fsp3) is 0.632. The Labute approximate surface area is 139 Å². The molecule has 128 valence electrons. The minimum Gasteiger partial charge on any atom is -0.493 e. The van der Waals surface area contributed by atoms with Crippen LogP contribution in [0.1, 0.15) is 62.7 Å². The van der Waals surface area contributed by atoms with Crippen molar-refractivity contribution in [3.63, 3.8) is 0 Å². The van der Waals surface area contributed by atoms with E-state index in [2.05, 4.69) is 19.2 Å². The Morgan fingerprint density at radius 3 is 2.74 bits per heavy atom. The van der Waals surface area contributed by atoms with Crippen LogP contribution >= 0.6 is 0 Å². The summed E-state index contributed by atoms with van der Waals surface area (Å²) in [4.78, 5) is 12.5. The summed E-state index contributed by atoms with van der Waals surface area (Å²) in [5.41, 5.74) is 0.627. The fourth-order valence-electron chi connectivity index (χ4n) is 3.04. The molecule has 4 heteroatoms. The van der Waals surface area contributed by atoms with E-state index in [1.54, 1.807) is 13.2 Å². The van der Waals surface area contributed by atoms with Crippen LogP contribution in [0.4, 0.5) is 0 Å². The minimum atomic E-state index is -0.0258. The van der Waals surface area contributed by atoms with Crippen molar-refractivity contribution in [1.29, 1.82) is 0 Å². The molecule has 0 unspecified atom stereocenters. The molecule has 1 aromatic carbocycles. The third-order valence-corrected chi connectivity index (χ3v) is 4.61. The van der Waals surface area contributed by atoms with E-state index in [0.717, 1.165) is 19.3 Å². The minimum absolute atomic E-state index is 0.0258. The third-order valence-electron chi connectivity index (χ3n) is 4.61. The van der Waals surface area contributed by atoms with E-state index < -0.39 is 0 Å². The molecule has 1 aliphatic carbocycles. The molecule has 2 atom stereocenters. The predicted octanol–water partition coefficient (Wildman–Crippen LogP) is 4.18. The second-order valence-corrected chi connectivity index (χ2v) is 6.41. The number of unbranched alkanes of at least 4 members (excludes halogenated alkanes) is 1. The molecule has 0 bridgehead atoms. The van der Waals surface area contributed by atoms with Crippen molar-refractivity contribution in [1.82, 2.24) is 5.32 Å². The van der Waals surface area contributed by atoms with Gasteiger partial charge in [-0.1, -0.05) is 33.1 Å². The molecule has 0 aliphatic heterocycles. The number of hydrogen-bond donors (Lipinski definition) is 1. The Bertz CT molecular complexity index is 515. The molecule has 1 amide bonds. The Kier molecular flexibility index (Phi) is 6.75. The summed E-state index contributed by atoms with van der Waals surface area (Å²) in [5, 5.41) is 3.17. The second kappa shape index (κ2) is 8.80. The molecule has 1 aliphatic rings. The van der Waals surface area contributed by atoms with Crippen LogP contribution in [-0.2, 0) is 0 Å². The van der Waals surface area contributed by atoms with Crippen LogP contribution in [-0.4, -0.2) is 25.7 Å². The molecule has 23 heavy (non-hydrogen) atoms. The second-order valence-electron chi connectivity index (χ2n) is 6.41. The summed E-state index contributed by atoms with van der Waals surface area (Å²) in [5.74, 6) is 1.84. The maximum atomic E-state index is 12.5. The van der Waals surface area contributed by atoms with Crippen LogP contribution in [0.25, 0.3) is 0 Å². The zero-order valence-electron chi connectivity index (χ0n) is 14.6. The number of methoxy groups -OCH3 is 1. The molecule has 4 nitrogen and oxygen atoms in total. The maximum absolute atomic E-state index is 12.5. The lowest BCUT2D eigenvalue weighted by Gasteiger charge is -2.29. The summed E-state index contributed by atoms with van der Waals surface area (Å²) in [6.07, 6.45) is 6.82. The molecule has 0 spiro atoms. The lowest BCUT2D eigenvalue weighted by Crippen LogP contribution is -2.41. The number of carbonyl (C=O) groups excluding carboxylic acids is 1. The van der Waals surface area contributed by atoms with Crippen LogP contribution in [0.5, 0.6) is 11.5 Å². The molecule has 0 heterocycles. The van der Waals surface area contributed by atoms with Crippen LogP contribution in [0.2, 0.25) is 0 Å². The normalized spacial score (nSPS) is 20.8. The largest absolute Gasteiger partial charge is 0.493 e. The van der Waals surface area contributed by atoms with E-state index in [1.807, 2.05) is 12.1 Å². The monoisotopic (exact) mass is 319 g/mol. The third kappa shape index (κ3) is 4.88. The van der Waals surface area contributed by atoms with Crippen molar-refractivity contribution >= 4 is 5.91 Å². The van der Waals surface area contributed by atoms with Gasteiger partial charge in [0.15, 0.2) is 11.5 Å². The van der Waals surface area contributed by atoms with Gasteiger partial charge in [-0.3, -0.25) is 4.79 Å². The first-order valence-electron chi connectivity index (χ1n) is 8.77. The van der Waals surface area contributed by atoms with Gasteiger partial charge >= 0.3 is 0 Å². The van der Waals surface area contributed by atoms with Crippen molar-refractivity contribution in [2.24, 2.45) is 5.92 Å². The summed E-state index contributed by atoms with van der Waals surface area (Å²) in [6.45, 7) is 5.01. The van der Waals surface area contributed by atoms with Crippen LogP contribution < -0.4 is 14.8 Å². The lowest BCUT2D eigenvalue weighted by atomic mass is 9.86. The van der Waals surface area contributed by atoms with Crippen molar-refractivity contribution in [3.8, 4) is 11.5 Å². The van der Waals surface area contributed by atoms with Gasteiger partial charge in [0.05, 0.1) is 13.7 Å². The Balaban J connectivity index is 2.02. The van der Waals surface area contributed by atoms with E-state index in [-0.39, 0.29) is 11.9 Å². The van der Waals surface area contributed by atoms with Gasteiger partial charge in [-0.05, 0) is 43.4 Å². The van der Waals surface area contributed by atoms with E-state index >= 15 is 0 Å². The number of amides is 1. The highest BCUT2D eigenvalue weighted by atomic mass is 16.5. The maximum Gasteiger partial charge on any atom is 0.251 e. The van der Waals surface area contributed by atoms with Crippen molar-refractivity contribution in [2.75, 3.05) is 13.7 Å². The van der Waals surface area contributed by atoms with E-state index in [4.69, 9.17) is 9.47 Å². The molecule has 2 rings (SSSR count). The zero-order chi connectivity index (χ0) is 16.7. The zero-order valence-corrected chi connectivity index (χ0v) is 14.6. The number of nitrogens with one attached hydrogen (secondary N) is 1. The van der Waals surface area contributed by atoms with Gasteiger partial charge in [-0.2, -0.15) is 0 Å². The number of ether oxygens (including phenoxy) is 2. The first-order chi connectivity index (χ1) is 11.2. The van der Waals surface area contributed by atoms with Crippen LogP contribution in [0.15, 0.2) is 18.2 Å². The van der Waals surface area contributed by atoms with Gasteiger partial charge in [0, 0.05) is 11.6 Å². The van der Waals surface area contributed by atoms with Gasteiger partial charge in [-0.15, -0.1) is 0 Å². The molecule has 1 saturated carbocycles. The van der Waals surface area contributed by atoms with Gasteiger partial charge < -0.3 is 14.8 Å². The lowest BCUT2D eigenvalue weighted by molar-refractivity contribution is 0.0910. The Morgan fingerprint density at radius 1 is 1.26 bits per heavy atom. The fourth-order valence-corrected chi connectivity index (χ4v) is 3.04. The average Bonchev–Trinajstić information content (AvgIpc) is 2.57. The number of benzene rings is 1. The highest BCUT2D eigenvalue weighted by Crippen LogP contribution is 2.29. The average molecular weight is 319 g/mol. The first-order valence-corrected chi connectivity index (χ1v) is 8.77. The predicted molar refractivity (Wildman–Crippen MR) is 92.3 cm³/mol. The standard InChI is InChI=1S/C19H29NO3/c1-4-5-12-23-17-11-10-15(13-18(17)22-3)19(21)20-16-9-7-6-8-14(16)2/h10-11,13-14,16H,4-9,12H2,1-3H3,(H,20,21)/t14-,16-/m0/s1. The summed E-state index contributed by atoms with van der Waals surface area (Å²) < 4.78 is 11.1. The molecule has 1 aromatic rings. The summed E-state index contributed by atoms with van der Waals surface area (Å²) in [7, 11) is 1.60. The molecular weight excluding hydrogens is 290 g/mol. The van der Waals surface area contributed by atoms with E-state index in [1.165, 1.54) is 19.3 Å². The van der Waals surface area contributed by atoms with E-state index in [0.29, 0.717) is 29.6 Å². The Morgan fingerprint density at radius 2 is 2.04 bits per heavy atom. The number of carbonyl (C=O) groups is 1. The van der Waals surface area contributed by atoms with Crippen molar-refractivity contribution in [3.05, 3.63) is 23.8 Å². The molecule has 0 saturated heterocycles. The quantitative estimate of drug-likeness (QED) is 0.767. The topological polar surface area (TPSA) is 47.6 Å². The highest BCUT2D eigenvalue weighted by Gasteiger charge is 2.23. The van der Waals surface area contributed by atoms with Gasteiger partial charge in [-0.25, -0.2) is 0 Å². The van der Waals surface area contributed by atoms with Crippen LogP contribution in [0.3, 0.4) is 0 Å². The SMILES string of the molecule is CCCCOc1ccc(C(=O)N[C@H]2CCCC[C@@H]2C)cc1OC. The van der Waals surface area contributed by atoms with Crippen molar-refractivity contribution < 1.29 is 14.3 Å². The highest BCUT2D eigenvalue weighted by molar-refractivity contribution is 5.95. The molecule has 0 aromatic heterocycles. The Hall–Kier alpha value is -1.71. The van der Waals surface area contributed by atoms with Crippen LogP contribution in [0, 0.1) is 5.92 Å². The molecule has 1 fully saturated rings. The van der Waals surface area contributed by atoms with E-state index in [9.17, 15) is 4.79 Å². The number of hydrogen-bond acceptors (Lipinski definition) is 3. The van der Waals surface area contributed by atoms with Gasteiger partial charge in [0.1, 0.15) is 0 Å². The van der Waals surface area contributed by atoms with Crippen molar-refractivity contribution in [2.45, 2.75) is 58.4 Å². The summed E-state index contributed by atoms with van der Waals surface area (Å²) >= 11 is 0. The first kappa shape index (κ1) is 17.6. The smallest absolute Gasteiger partial charge is 0.251 e. The van der Waals surface area contributed by atoms with Gasteiger partial charge in [0.2, 0.25) is 0 Å². The molecule has 0 radical (unpaired) electrons. The summed E-state index contributed by atoms with van der Waals surface area (Å²) in [6, 6.07) is 5.69.